The molecule has 18 heavy (non-hydrogen) atoms. The Morgan fingerprint density at radius 1 is 1.00 bits per heavy atom. The van der Waals surface area contributed by atoms with Crippen LogP contribution in [0.1, 0.15) is 51.4 Å². The first-order valence-corrected chi connectivity index (χ1v) is 8.23. The fourth-order valence-corrected chi connectivity index (χ4v) is 2.02. The Kier molecular flexibility index (Phi) is 10.8. The molecule has 0 aromatic rings. The summed E-state index contributed by atoms with van der Waals surface area (Å²) in [6, 6.07) is 0. The monoisotopic (exact) mass is 277 g/mol. The summed E-state index contributed by atoms with van der Waals surface area (Å²) in [5.74, 6) is 0. The van der Waals surface area contributed by atoms with Gasteiger partial charge in [-0.3, -0.25) is 4.18 Å². The molecule has 0 aliphatic heterocycles. The summed E-state index contributed by atoms with van der Waals surface area (Å²) in [5, 5.41) is 3.48. The Morgan fingerprint density at radius 2 is 1.50 bits per heavy atom. The molecule has 7 heteroatoms. The number of unbranched alkanes of at least 4 members (excludes halogenated alkanes) is 7. The zero-order valence-corrected chi connectivity index (χ0v) is 11.9. The van der Waals surface area contributed by atoms with E-state index >= 15 is 0 Å². The number of hydrogen-bond donors (Lipinski definition) is 0. The van der Waals surface area contributed by atoms with Crippen LogP contribution in [0.25, 0.3) is 10.4 Å². The van der Waals surface area contributed by atoms with Crippen LogP contribution in [0.5, 0.6) is 0 Å². The van der Waals surface area contributed by atoms with Crippen LogP contribution >= 0.6 is 0 Å². The molecule has 0 unspecified atom stereocenters. The van der Waals surface area contributed by atoms with E-state index in [-0.39, 0.29) is 0 Å². The van der Waals surface area contributed by atoms with Crippen LogP contribution in [-0.2, 0) is 14.3 Å². The van der Waals surface area contributed by atoms with E-state index in [1.54, 1.807) is 0 Å². The van der Waals surface area contributed by atoms with Gasteiger partial charge in [0.2, 0.25) is 0 Å². The van der Waals surface area contributed by atoms with Crippen LogP contribution in [0, 0.1) is 0 Å². The molecule has 0 fully saturated rings. The second-order valence-electron chi connectivity index (χ2n) is 4.31. The van der Waals surface area contributed by atoms with Crippen molar-refractivity contribution in [3.63, 3.8) is 0 Å². The zero-order valence-electron chi connectivity index (χ0n) is 11.0. The van der Waals surface area contributed by atoms with Gasteiger partial charge >= 0.3 is 0 Å². The van der Waals surface area contributed by atoms with Gasteiger partial charge in [-0.25, -0.2) is 0 Å². The van der Waals surface area contributed by atoms with Crippen molar-refractivity contribution in [2.45, 2.75) is 51.4 Å². The maximum absolute atomic E-state index is 10.7. The molecular formula is C11H23N3O3S. The van der Waals surface area contributed by atoms with Gasteiger partial charge in [-0.1, -0.05) is 43.6 Å². The lowest BCUT2D eigenvalue weighted by atomic mass is 10.1. The average molecular weight is 277 g/mol. The second kappa shape index (κ2) is 11.3. The van der Waals surface area contributed by atoms with Crippen molar-refractivity contribution in [1.29, 1.82) is 0 Å². The highest BCUT2D eigenvalue weighted by Crippen LogP contribution is 2.09. The molecule has 0 aliphatic carbocycles. The predicted octanol–water partition coefficient (Wildman–Crippen LogP) is 3.39. The fraction of sp³-hybridized carbons (Fsp3) is 1.00. The third-order valence-electron chi connectivity index (χ3n) is 2.51. The van der Waals surface area contributed by atoms with Gasteiger partial charge in [-0.05, 0) is 18.4 Å². The predicted molar refractivity (Wildman–Crippen MR) is 71.7 cm³/mol. The summed E-state index contributed by atoms with van der Waals surface area (Å²) in [5.41, 5.74) is 8.07. The average Bonchev–Trinajstić information content (AvgIpc) is 2.29. The molecule has 0 heterocycles. The van der Waals surface area contributed by atoms with Crippen molar-refractivity contribution in [2.75, 3.05) is 19.4 Å². The number of nitrogens with zero attached hydrogens (tertiary/aromatic N) is 3. The fourth-order valence-electron chi connectivity index (χ4n) is 1.60. The van der Waals surface area contributed by atoms with Crippen molar-refractivity contribution in [2.24, 2.45) is 5.11 Å². The molecule has 0 amide bonds. The highest BCUT2D eigenvalue weighted by atomic mass is 32.2. The van der Waals surface area contributed by atoms with Gasteiger partial charge in [0, 0.05) is 11.5 Å². The van der Waals surface area contributed by atoms with Gasteiger partial charge in [0.25, 0.3) is 10.1 Å². The van der Waals surface area contributed by atoms with Crippen molar-refractivity contribution >= 4 is 10.1 Å². The van der Waals surface area contributed by atoms with Crippen LogP contribution in [0.15, 0.2) is 5.11 Å². The maximum atomic E-state index is 10.7. The Balaban J connectivity index is 3.10. The molecule has 0 saturated carbocycles. The molecule has 0 aromatic carbocycles. The van der Waals surface area contributed by atoms with Crippen LogP contribution in [0.3, 0.4) is 0 Å². The molecular weight excluding hydrogens is 254 g/mol. The molecule has 0 saturated heterocycles. The van der Waals surface area contributed by atoms with E-state index in [0.717, 1.165) is 38.4 Å². The lowest BCUT2D eigenvalue weighted by molar-refractivity contribution is 0.309. The Hall–Kier alpha value is -0.780. The third kappa shape index (κ3) is 15.2. The van der Waals surface area contributed by atoms with Gasteiger partial charge in [-0.15, -0.1) is 0 Å². The largest absolute Gasteiger partial charge is 0.270 e. The van der Waals surface area contributed by atoms with Crippen LogP contribution in [0.4, 0.5) is 0 Å². The normalized spacial score (nSPS) is 11.2. The van der Waals surface area contributed by atoms with Crippen molar-refractivity contribution in [3.05, 3.63) is 10.4 Å². The first-order valence-electron chi connectivity index (χ1n) is 6.41. The van der Waals surface area contributed by atoms with Gasteiger partial charge < -0.3 is 0 Å². The molecule has 0 aromatic heterocycles. The van der Waals surface area contributed by atoms with Crippen LogP contribution < -0.4 is 0 Å². The molecule has 0 aliphatic rings. The summed E-state index contributed by atoms with van der Waals surface area (Å²) < 4.78 is 26.0. The van der Waals surface area contributed by atoms with Gasteiger partial charge in [0.15, 0.2) is 0 Å². The topological polar surface area (TPSA) is 92.1 Å². The van der Waals surface area contributed by atoms with Crippen molar-refractivity contribution in [1.82, 2.24) is 0 Å². The van der Waals surface area contributed by atoms with E-state index in [1.165, 1.54) is 19.3 Å². The van der Waals surface area contributed by atoms with Gasteiger partial charge in [-0.2, -0.15) is 8.42 Å². The first-order chi connectivity index (χ1) is 8.56. The highest BCUT2D eigenvalue weighted by Gasteiger charge is 2.00. The summed E-state index contributed by atoms with van der Waals surface area (Å²) in [6.07, 6.45) is 9.58. The SMILES string of the molecule is CS(=O)(=O)OCCCCCCCCCCN=[N+]=[N-]. The van der Waals surface area contributed by atoms with Crippen molar-refractivity contribution < 1.29 is 12.6 Å². The summed E-state index contributed by atoms with van der Waals surface area (Å²) in [4.78, 5) is 2.70. The van der Waals surface area contributed by atoms with E-state index in [1.807, 2.05) is 0 Å². The summed E-state index contributed by atoms with van der Waals surface area (Å²) in [6.45, 7) is 0.893. The smallest absolute Gasteiger partial charge is 0.264 e. The van der Waals surface area contributed by atoms with Crippen molar-refractivity contribution in [3.8, 4) is 0 Å². The molecule has 0 spiro atoms. The quantitative estimate of drug-likeness (QED) is 0.180. The Bertz CT molecular complexity index is 337. The minimum absolute atomic E-state index is 0.297. The standard InChI is InChI=1S/C11H23N3O3S/c1-18(15,16)17-11-9-7-5-3-2-4-6-8-10-13-14-12/h2-11H2,1H3. The van der Waals surface area contributed by atoms with E-state index in [9.17, 15) is 8.42 Å². The van der Waals surface area contributed by atoms with E-state index in [4.69, 9.17) is 5.53 Å². The highest BCUT2D eigenvalue weighted by molar-refractivity contribution is 7.85. The molecule has 0 radical (unpaired) electrons. The van der Waals surface area contributed by atoms with Gasteiger partial charge in [0.1, 0.15) is 0 Å². The summed E-state index contributed by atoms with van der Waals surface area (Å²) >= 11 is 0. The molecule has 6 nitrogen and oxygen atoms in total. The second-order valence-corrected chi connectivity index (χ2v) is 5.95. The molecule has 0 atom stereocenters. The minimum Gasteiger partial charge on any atom is -0.270 e. The first kappa shape index (κ1) is 17.2. The molecule has 0 bridgehead atoms. The number of hydrogen-bond acceptors (Lipinski definition) is 4. The van der Waals surface area contributed by atoms with Crippen LogP contribution in [-0.4, -0.2) is 27.8 Å². The van der Waals surface area contributed by atoms with E-state index < -0.39 is 10.1 Å². The third-order valence-corrected chi connectivity index (χ3v) is 3.11. The van der Waals surface area contributed by atoms with Gasteiger partial charge in [0.05, 0.1) is 12.9 Å². The molecule has 0 N–H and O–H groups in total. The maximum Gasteiger partial charge on any atom is 0.264 e. The number of rotatable bonds is 12. The van der Waals surface area contributed by atoms with E-state index in [0.29, 0.717) is 13.2 Å². The summed E-state index contributed by atoms with van der Waals surface area (Å²) in [7, 11) is -3.27. The molecule has 106 valence electrons. The Morgan fingerprint density at radius 3 is 2.00 bits per heavy atom. The minimum atomic E-state index is -3.27. The zero-order chi connectivity index (χ0) is 13.7. The lowest BCUT2D eigenvalue weighted by Gasteiger charge is -2.02. The number of azide groups is 1. The Labute approximate surface area is 109 Å². The lowest BCUT2D eigenvalue weighted by Crippen LogP contribution is -2.03. The van der Waals surface area contributed by atoms with Crippen LogP contribution in [0.2, 0.25) is 0 Å². The van der Waals surface area contributed by atoms with E-state index in [2.05, 4.69) is 14.2 Å². The molecule has 0 rings (SSSR count).